The molecule has 0 aliphatic carbocycles. The molecule has 0 amide bonds. The van der Waals surface area contributed by atoms with E-state index in [1.54, 1.807) is 0 Å². The Labute approximate surface area is 99.2 Å². The number of rotatable bonds is 3. The molecule has 0 atom stereocenters. The number of carbonyl (C=O) groups excluding carboxylic acids is 1. The number of anilines is 1. The standard InChI is InChI=1S/C13H15F2NO/c1-9(17)6-10-7-11(14)12(15)8-13(10)16-4-2-3-5-16/h7-8H,2-6H2,1H3. The molecule has 0 aromatic heterocycles. The van der Waals surface area contributed by atoms with E-state index in [4.69, 9.17) is 0 Å². The van der Waals surface area contributed by atoms with Crippen LogP contribution in [0.15, 0.2) is 12.1 Å². The normalized spacial score (nSPS) is 15.4. The van der Waals surface area contributed by atoms with Crippen molar-refractivity contribution in [3.05, 3.63) is 29.3 Å². The maximum absolute atomic E-state index is 13.3. The molecule has 0 bridgehead atoms. The van der Waals surface area contributed by atoms with Gasteiger partial charge in [-0.25, -0.2) is 8.78 Å². The Morgan fingerprint density at radius 2 is 1.82 bits per heavy atom. The van der Waals surface area contributed by atoms with Gasteiger partial charge in [0.05, 0.1) is 0 Å². The highest BCUT2D eigenvalue weighted by Gasteiger charge is 2.19. The van der Waals surface area contributed by atoms with Crippen LogP contribution in [-0.2, 0) is 11.2 Å². The number of hydrogen-bond donors (Lipinski definition) is 0. The molecule has 0 radical (unpaired) electrons. The van der Waals surface area contributed by atoms with Gasteiger partial charge in [-0.2, -0.15) is 0 Å². The maximum Gasteiger partial charge on any atom is 0.160 e. The predicted octanol–water partition coefficient (Wildman–Crippen LogP) is 2.70. The lowest BCUT2D eigenvalue weighted by atomic mass is 10.1. The van der Waals surface area contributed by atoms with Crippen molar-refractivity contribution in [2.24, 2.45) is 0 Å². The minimum absolute atomic E-state index is 0.0449. The summed E-state index contributed by atoms with van der Waals surface area (Å²) in [5, 5.41) is 0. The van der Waals surface area contributed by atoms with Gasteiger partial charge in [0.15, 0.2) is 11.6 Å². The summed E-state index contributed by atoms with van der Waals surface area (Å²) in [6, 6.07) is 2.35. The Balaban J connectivity index is 2.39. The second kappa shape index (κ2) is 4.82. The lowest BCUT2D eigenvalue weighted by Crippen LogP contribution is -2.20. The molecule has 0 saturated carbocycles. The molecule has 4 heteroatoms. The molecular formula is C13H15F2NO. The van der Waals surface area contributed by atoms with Crippen molar-refractivity contribution in [1.29, 1.82) is 0 Å². The van der Waals surface area contributed by atoms with Crippen molar-refractivity contribution in [2.75, 3.05) is 18.0 Å². The zero-order chi connectivity index (χ0) is 12.4. The zero-order valence-corrected chi connectivity index (χ0v) is 9.80. The van der Waals surface area contributed by atoms with Crippen molar-refractivity contribution >= 4 is 11.5 Å². The van der Waals surface area contributed by atoms with Crippen LogP contribution in [0.25, 0.3) is 0 Å². The van der Waals surface area contributed by atoms with Gasteiger partial charge in [0.1, 0.15) is 5.78 Å². The third-order valence-corrected chi connectivity index (χ3v) is 3.01. The minimum Gasteiger partial charge on any atom is -0.371 e. The van der Waals surface area contributed by atoms with Crippen LogP contribution in [0.4, 0.5) is 14.5 Å². The molecular weight excluding hydrogens is 224 g/mol. The number of ketones is 1. The van der Waals surface area contributed by atoms with E-state index in [0.717, 1.165) is 32.0 Å². The molecule has 2 rings (SSSR count). The Hall–Kier alpha value is -1.45. The second-order valence-electron chi connectivity index (χ2n) is 4.47. The average Bonchev–Trinajstić information content (AvgIpc) is 2.75. The summed E-state index contributed by atoms with van der Waals surface area (Å²) in [6.07, 6.45) is 2.26. The molecule has 0 N–H and O–H groups in total. The first-order valence-corrected chi connectivity index (χ1v) is 5.80. The molecule has 1 aromatic carbocycles. The smallest absolute Gasteiger partial charge is 0.160 e. The monoisotopic (exact) mass is 239 g/mol. The summed E-state index contributed by atoms with van der Waals surface area (Å²) < 4.78 is 26.5. The fraction of sp³-hybridized carbons (Fsp3) is 0.462. The Morgan fingerprint density at radius 3 is 2.41 bits per heavy atom. The minimum atomic E-state index is -0.885. The van der Waals surface area contributed by atoms with Crippen LogP contribution < -0.4 is 4.90 Å². The summed E-state index contributed by atoms with van der Waals surface area (Å²) >= 11 is 0. The second-order valence-corrected chi connectivity index (χ2v) is 4.47. The quantitative estimate of drug-likeness (QED) is 0.808. The Morgan fingerprint density at radius 1 is 1.24 bits per heavy atom. The summed E-state index contributed by atoms with van der Waals surface area (Å²) in [7, 11) is 0. The molecule has 1 saturated heterocycles. The Bertz CT molecular complexity index is 439. The van der Waals surface area contributed by atoms with Crippen LogP contribution >= 0.6 is 0 Å². The number of nitrogens with zero attached hydrogens (tertiary/aromatic N) is 1. The topological polar surface area (TPSA) is 20.3 Å². The van der Waals surface area contributed by atoms with Gasteiger partial charge in [0.2, 0.25) is 0 Å². The van der Waals surface area contributed by atoms with Gasteiger partial charge in [-0.3, -0.25) is 4.79 Å². The van der Waals surface area contributed by atoms with Gasteiger partial charge in [-0.1, -0.05) is 0 Å². The van der Waals surface area contributed by atoms with Crippen LogP contribution in [0.1, 0.15) is 25.3 Å². The third-order valence-electron chi connectivity index (χ3n) is 3.01. The van der Waals surface area contributed by atoms with E-state index in [-0.39, 0.29) is 12.2 Å². The molecule has 17 heavy (non-hydrogen) atoms. The van der Waals surface area contributed by atoms with Gasteiger partial charge in [-0.15, -0.1) is 0 Å². The van der Waals surface area contributed by atoms with Gasteiger partial charge < -0.3 is 4.90 Å². The number of Topliss-reactive ketones (excluding diaryl/α,β-unsaturated/α-hetero) is 1. The molecule has 2 nitrogen and oxygen atoms in total. The summed E-state index contributed by atoms with van der Waals surface area (Å²) in [5.74, 6) is -1.78. The highest BCUT2D eigenvalue weighted by molar-refractivity contribution is 5.80. The van der Waals surface area contributed by atoms with E-state index in [1.165, 1.54) is 13.0 Å². The fourth-order valence-corrected chi connectivity index (χ4v) is 2.24. The first-order valence-electron chi connectivity index (χ1n) is 5.80. The summed E-state index contributed by atoms with van der Waals surface area (Å²) in [5.41, 5.74) is 1.25. The van der Waals surface area contributed by atoms with E-state index in [2.05, 4.69) is 0 Å². The number of carbonyl (C=O) groups is 1. The van der Waals surface area contributed by atoms with E-state index >= 15 is 0 Å². The fourth-order valence-electron chi connectivity index (χ4n) is 2.24. The molecule has 0 spiro atoms. The van der Waals surface area contributed by atoms with E-state index in [9.17, 15) is 13.6 Å². The largest absolute Gasteiger partial charge is 0.371 e. The van der Waals surface area contributed by atoms with Gasteiger partial charge >= 0.3 is 0 Å². The third kappa shape index (κ3) is 2.62. The lowest BCUT2D eigenvalue weighted by Gasteiger charge is -2.21. The first kappa shape index (κ1) is 12.0. The van der Waals surface area contributed by atoms with E-state index in [1.807, 2.05) is 4.90 Å². The van der Waals surface area contributed by atoms with Gasteiger partial charge in [0, 0.05) is 31.3 Å². The first-order chi connectivity index (χ1) is 8.08. The molecule has 1 aliphatic heterocycles. The summed E-state index contributed by atoms with van der Waals surface area (Å²) in [4.78, 5) is 13.2. The van der Waals surface area contributed by atoms with Crippen molar-refractivity contribution in [3.63, 3.8) is 0 Å². The maximum atomic E-state index is 13.3. The molecule has 1 fully saturated rings. The van der Waals surface area contributed by atoms with E-state index < -0.39 is 11.6 Å². The van der Waals surface area contributed by atoms with Crippen molar-refractivity contribution in [1.82, 2.24) is 0 Å². The van der Waals surface area contributed by atoms with Gasteiger partial charge in [-0.05, 0) is 31.4 Å². The SMILES string of the molecule is CC(=O)Cc1cc(F)c(F)cc1N1CCCC1. The van der Waals surface area contributed by atoms with Crippen LogP contribution in [0, 0.1) is 11.6 Å². The lowest BCUT2D eigenvalue weighted by molar-refractivity contribution is -0.116. The number of benzene rings is 1. The van der Waals surface area contributed by atoms with Crippen molar-refractivity contribution in [3.8, 4) is 0 Å². The van der Waals surface area contributed by atoms with Crippen molar-refractivity contribution < 1.29 is 13.6 Å². The van der Waals surface area contributed by atoms with E-state index in [0.29, 0.717) is 11.3 Å². The number of hydrogen-bond acceptors (Lipinski definition) is 2. The van der Waals surface area contributed by atoms with Crippen LogP contribution in [0.5, 0.6) is 0 Å². The van der Waals surface area contributed by atoms with Crippen LogP contribution in [-0.4, -0.2) is 18.9 Å². The molecule has 92 valence electrons. The highest BCUT2D eigenvalue weighted by Crippen LogP contribution is 2.27. The zero-order valence-electron chi connectivity index (χ0n) is 9.80. The average molecular weight is 239 g/mol. The highest BCUT2D eigenvalue weighted by atomic mass is 19.2. The van der Waals surface area contributed by atoms with Crippen LogP contribution in [0.2, 0.25) is 0 Å². The van der Waals surface area contributed by atoms with Crippen molar-refractivity contribution in [2.45, 2.75) is 26.2 Å². The molecule has 1 aromatic rings. The molecule has 1 aliphatic rings. The van der Waals surface area contributed by atoms with Crippen LogP contribution in [0.3, 0.4) is 0 Å². The summed E-state index contributed by atoms with van der Waals surface area (Å²) in [6.45, 7) is 3.14. The van der Waals surface area contributed by atoms with Gasteiger partial charge in [0.25, 0.3) is 0 Å². The molecule has 0 unspecified atom stereocenters. The Kier molecular flexibility index (Phi) is 3.41. The number of halogens is 2. The molecule has 1 heterocycles. The predicted molar refractivity (Wildman–Crippen MR) is 62.2 cm³/mol.